The van der Waals surface area contributed by atoms with Crippen molar-refractivity contribution in [2.45, 2.75) is 4.27 Å². The highest BCUT2D eigenvalue weighted by Crippen LogP contribution is 2.03. The molecule has 0 N–H and O–H groups in total. The number of hydrogen-bond donors (Lipinski definition) is 0. The van der Waals surface area contributed by atoms with Crippen LogP contribution in [0.1, 0.15) is 1.37 Å². The first kappa shape index (κ1) is 3.08. The Morgan fingerprint density at radius 3 is 1.50 bits per heavy atom. The van der Waals surface area contributed by atoms with Gasteiger partial charge in [-0.2, -0.15) is 0 Å². The lowest BCUT2D eigenvalue weighted by atomic mass is 11.9. The minimum atomic E-state index is -1.83. The second-order valence-electron chi connectivity index (χ2n) is 0.214. The lowest BCUT2D eigenvalue weighted by molar-refractivity contribution is 1.96. The van der Waals surface area contributed by atoms with Gasteiger partial charge in [-0.1, -0.05) is 34.8 Å². The van der Waals surface area contributed by atoms with Gasteiger partial charge in [-0.3, -0.25) is 0 Å². The zero-order chi connectivity index (χ0) is 4.50. The van der Waals surface area contributed by atoms with Crippen LogP contribution in [-0.4, -0.2) is 4.27 Å². The Hall–Kier alpha value is 0.870. The quantitative estimate of drug-likeness (QED) is 0.430. The van der Waals surface area contributed by atoms with E-state index >= 15 is 0 Å². The first-order valence-electron chi connectivity index (χ1n) is 1.07. The molecule has 0 radical (unpaired) electrons. The maximum absolute atomic E-state index is 6.23. The molecule has 26 valence electrons. The van der Waals surface area contributed by atoms with Gasteiger partial charge in [-0.05, 0) is 0 Å². The standard InChI is InChI=1S/CHCl3/c2-1(3)4/h1H/i1T. The summed E-state index contributed by atoms with van der Waals surface area (Å²) in [5, 5.41) is 0. The molecule has 0 saturated carbocycles. The fourth-order valence-electron chi connectivity index (χ4n) is 0. The summed E-state index contributed by atoms with van der Waals surface area (Å²) in [6.45, 7) is 0. The van der Waals surface area contributed by atoms with Gasteiger partial charge in [0.1, 0.15) is 0 Å². The Labute approximate surface area is 41.1 Å². The van der Waals surface area contributed by atoms with Gasteiger partial charge in [0.15, 0.2) is 4.27 Å². The third-order valence-electron chi connectivity index (χ3n) is 0. The van der Waals surface area contributed by atoms with Crippen molar-refractivity contribution in [3.8, 4) is 0 Å². The number of alkyl halides is 3. The molecule has 3 heteroatoms. The fraction of sp³-hybridized carbons (Fsp3) is 1.00. The molecule has 0 saturated heterocycles. The van der Waals surface area contributed by atoms with Crippen molar-refractivity contribution < 1.29 is 1.37 Å². The van der Waals surface area contributed by atoms with Crippen LogP contribution in [0.5, 0.6) is 0 Å². The van der Waals surface area contributed by atoms with Gasteiger partial charge in [-0.25, -0.2) is 0 Å². The summed E-state index contributed by atoms with van der Waals surface area (Å²) < 4.78 is 4.40. The van der Waals surface area contributed by atoms with Gasteiger partial charge < -0.3 is 0 Å². The molecule has 0 atom stereocenters. The van der Waals surface area contributed by atoms with Gasteiger partial charge in [-0.15, -0.1) is 0 Å². The highest BCUT2D eigenvalue weighted by Gasteiger charge is 1.78. The molecule has 0 fully saturated rings. The molecule has 0 aliphatic rings. The Bertz CT molecular complexity index is 22.4. The summed E-state index contributed by atoms with van der Waals surface area (Å²) in [4.78, 5) is 0. The zero-order valence-corrected chi connectivity index (χ0v) is 3.90. The van der Waals surface area contributed by atoms with Crippen LogP contribution in [0.25, 0.3) is 0 Å². The van der Waals surface area contributed by atoms with E-state index in [0.717, 1.165) is 0 Å². The topological polar surface area (TPSA) is 0 Å². The van der Waals surface area contributed by atoms with Gasteiger partial charge in [0.05, 0.1) is 1.37 Å². The molecular weight excluding hydrogens is 118 g/mol. The fourth-order valence-corrected chi connectivity index (χ4v) is 0. The zero-order valence-electron chi connectivity index (χ0n) is 2.63. The molecular formula is CHCl3. The van der Waals surface area contributed by atoms with E-state index < -0.39 is 4.27 Å². The average molecular weight is 121 g/mol. The molecule has 0 aliphatic heterocycles. The number of hydrogen-bond acceptors (Lipinski definition) is 0. The van der Waals surface area contributed by atoms with Gasteiger partial charge in [0.25, 0.3) is 0 Å². The first-order chi connectivity index (χ1) is 2.00. The van der Waals surface area contributed by atoms with Gasteiger partial charge in [0.2, 0.25) is 0 Å². The van der Waals surface area contributed by atoms with Crippen LogP contribution in [0.2, 0.25) is 0 Å². The van der Waals surface area contributed by atoms with Crippen LogP contribution >= 0.6 is 34.8 Å². The molecule has 0 bridgehead atoms. The molecule has 0 heterocycles. The third-order valence-corrected chi connectivity index (χ3v) is 0. The van der Waals surface area contributed by atoms with E-state index in [1.807, 2.05) is 0 Å². The summed E-state index contributed by atoms with van der Waals surface area (Å²) in [5.74, 6) is 0. The Kier molecular flexibility index (Phi) is 1.64. The van der Waals surface area contributed by atoms with E-state index in [-0.39, 0.29) is 0 Å². The van der Waals surface area contributed by atoms with E-state index in [1.54, 1.807) is 0 Å². The first-order valence-corrected chi connectivity index (χ1v) is 1.70. The van der Waals surface area contributed by atoms with Crippen molar-refractivity contribution in [1.29, 1.82) is 0 Å². The van der Waals surface area contributed by atoms with Crippen molar-refractivity contribution in [2.24, 2.45) is 0 Å². The summed E-state index contributed by atoms with van der Waals surface area (Å²) in [7, 11) is 0. The summed E-state index contributed by atoms with van der Waals surface area (Å²) in [6.07, 6.45) is 0. The van der Waals surface area contributed by atoms with Crippen LogP contribution in [0.4, 0.5) is 0 Å². The Morgan fingerprint density at radius 2 is 1.50 bits per heavy atom. The van der Waals surface area contributed by atoms with Gasteiger partial charge >= 0.3 is 0 Å². The summed E-state index contributed by atoms with van der Waals surface area (Å²) in [6, 6.07) is 0. The van der Waals surface area contributed by atoms with E-state index in [4.69, 9.17) is 36.2 Å². The van der Waals surface area contributed by atoms with Crippen LogP contribution in [0.3, 0.4) is 0 Å². The molecule has 0 unspecified atom stereocenters. The van der Waals surface area contributed by atoms with Crippen molar-refractivity contribution >= 4 is 34.8 Å². The molecule has 0 rings (SSSR count). The van der Waals surface area contributed by atoms with E-state index in [0.29, 0.717) is 0 Å². The maximum Gasteiger partial charge on any atom is 0.180 e. The summed E-state index contributed by atoms with van der Waals surface area (Å²) >= 11 is 14.2. The molecule has 0 spiro atoms. The molecule has 0 nitrogen and oxygen atoms in total. The largest absolute Gasteiger partial charge is 0.180 e. The lowest BCUT2D eigenvalue weighted by Crippen LogP contribution is -1.55. The molecule has 0 aromatic heterocycles. The van der Waals surface area contributed by atoms with Crippen LogP contribution in [-0.2, 0) is 0 Å². The second-order valence-corrected chi connectivity index (χ2v) is 1.93. The van der Waals surface area contributed by atoms with Crippen LogP contribution < -0.4 is 0 Å². The predicted molar refractivity (Wildman–Crippen MR) is 21.3 cm³/mol. The van der Waals surface area contributed by atoms with Crippen molar-refractivity contribution in [3.05, 3.63) is 0 Å². The lowest BCUT2D eigenvalue weighted by Gasteiger charge is -1.69. The number of rotatable bonds is 0. The molecule has 0 aromatic carbocycles. The SMILES string of the molecule is [3H]C(Cl)(Cl)Cl. The van der Waals surface area contributed by atoms with Crippen LogP contribution in [0, 0.1) is 0 Å². The van der Waals surface area contributed by atoms with E-state index in [2.05, 4.69) is 0 Å². The highest BCUT2D eigenvalue weighted by atomic mass is 35.6. The van der Waals surface area contributed by atoms with E-state index in [1.165, 1.54) is 0 Å². The average Bonchev–Trinajstić information content (AvgIpc) is 0.722. The van der Waals surface area contributed by atoms with E-state index in [9.17, 15) is 0 Å². The molecule has 0 aliphatic carbocycles. The van der Waals surface area contributed by atoms with Crippen molar-refractivity contribution in [3.63, 3.8) is 0 Å². The minimum absolute atomic E-state index is 1.83. The second kappa shape index (κ2) is 2.13. The van der Waals surface area contributed by atoms with Gasteiger partial charge in [0, 0.05) is 0 Å². The predicted octanol–water partition coefficient (Wildman–Crippen LogP) is 1.99. The highest BCUT2D eigenvalue weighted by molar-refractivity contribution is 6.63. The van der Waals surface area contributed by atoms with Crippen molar-refractivity contribution in [2.75, 3.05) is 0 Å². The third kappa shape index (κ3) is 13.3. The smallest absolute Gasteiger partial charge is 0.0874 e. The van der Waals surface area contributed by atoms with Crippen LogP contribution in [0.15, 0.2) is 0 Å². The number of halogens is 3. The molecule has 0 aromatic rings. The normalized spacial score (nSPS) is 15.2. The maximum atomic E-state index is 6.23. The monoisotopic (exact) mass is 120 g/mol. The Balaban J connectivity index is 3.02. The van der Waals surface area contributed by atoms with Crippen molar-refractivity contribution in [1.82, 2.24) is 0 Å². The Morgan fingerprint density at radius 1 is 1.50 bits per heavy atom. The summed E-state index contributed by atoms with van der Waals surface area (Å²) in [5.41, 5.74) is 0. The minimum Gasteiger partial charge on any atom is -0.0874 e. The molecule has 4 heavy (non-hydrogen) atoms. The molecule has 0 amide bonds.